The number of hydrogen-bond donors (Lipinski definition) is 2. The minimum atomic E-state index is -0.499. The number of H-pyrrole nitrogens is 1. The number of aryl methyl sites for hydroxylation is 1. The van der Waals surface area contributed by atoms with Gasteiger partial charge in [0.25, 0.3) is 5.91 Å². The maximum absolute atomic E-state index is 12.5. The Morgan fingerprint density at radius 1 is 1.38 bits per heavy atom. The average molecular weight is 328 g/mol. The number of rotatable bonds is 5. The summed E-state index contributed by atoms with van der Waals surface area (Å²) in [4.78, 5) is 24.2. The molecule has 0 saturated heterocycles. The van der Waals surface area contributed by atoms with E-state index in [4.69, 9.17) is 4.42 Å². The van der Waals surface area contributed by atoms with Crippen LogP contribution >= 0.6 is 0 Å². The van der Waals surface area contributed by atoms with Gasteiger partial charge in [0.05, 0.1) is 11.1 Å². The topological polar surface area (TPSA) is 92.9 Å². The molecule has 126 valence electrons. The number of hydrogen-bond acceptors (Lipinski definition) is 4. The zero-order chi connectivity index (χ0) is 17.3. The highest BCUT2D eigenvalue weighted by Gasteiger charge is 2.18. The molecule has 3 rings (SSSR count). The summed E-state index contributed by atoms with van der Waals surface area (Å²) in [7, 11) is 1.60. The first-order valence-electron chi connectivity index (χ1n) is 8.00. The van der Waals surface area contributed by atoms with E-state index in [0.29, 0.717) is 22.8 Å². The van der Waals surface area contributed by atoms with Gasteiger partial charge in [0, 0.05) is 24.7 Å². The van der Waals surface area contributed by atoms with Gasteiger partial charge in [-0.2, -0.15) is 5.10 Å². The number of anilines is 1. The molecule has 0 bridgehead atoms. The fourth-order valence-corrected chi connectivity index (χ4v) is 2.85. The van der Waals surface area contributed by atoms with E-state index in [9.17, 15) is 9.59 Å². The minimum absolute atomic E-state index is 0.276. The van der Waals surface area contributed by atoms with E-state index in [1.165, 1.54) is 4.57 Å². The second-order valence-corrected chi connectivity index (χ2v) is 5.76. The standard InChI is InChI=1S/C17H20N4O3/c1-4-10(5-2)12-9-14(20-19-12)18-16(22)11-7-6-8-13-15(11)24-17(23)21(13)3/h6-10H,4-5H2,1-3H3,(H2,18,19,20,22). The van der Waals surface area contributed by atoms with Gasteiger partial charge in [0.2, 0.25) is 0 Å². The molecule has 2 heterocycles. The molecular formula is C17H20N4O3. The van der Waals surface area contributed by atoms with Crippen LogP contribution in [0.2, 0.25) is 0 Å². The van der Waals surface area contributed by atoms with Gasteiger partial charge >= 0.3 is 5.76 Å². The van der Waals surface area contributed by atoms with Crippen LogP contribution in [0.25, 0.3) is 11.1 Å². The first-order chi connectivity index (χ1) is 11.5. The van der Waals surface area contributed by atoms with Crippen molar-refractivity contribution in [3.8, 4) is 0 Å². The number of fused-ring (bicyclic) bond motifs is 1. The molecular weight excluding hydrogens is 308 g/mol. The third kappa shape index (κ3) is 2.73. The van der Waals surface area contributed by atoms with Crippen molar-refractivity contribution in [1.29, 1.82) is 0 Å². The minimum Gasteiger partial charge on any atom is -0.407 e. The molecule has 2 N–H and O–H groups in total. The largest absolute Gasteiger partial charge is 0.419 e. The number of oxazole rings is 1. The van der Waals surface area contributed by atoms with Crippen molar-refractivity contribution in [3.05, 3.63) is 46.1 Å². The van der Waals surface area contributed by atoms with Crippen LogP contribution in [0.3, 0.4) is 0 Å². The molecule has 1 aromatic carbocycles. The van der Waals surface area contributed by atoms with Crippen LogP contribution in [0.15, 0.2) is 33.5 Å². The number of nitrogens with one attached hydrogen (secondary N) is 2. The highest BCUT2D eigenvalue weighted by Crippen LogP contribution is 2.23. The Kier molecular flexibility index (Phi) is 4.24. The van der Waals surface area contributed by atoms with E-state index in [0.717, 1.165) is 18.5 Å². The number of aromatic nitrogens is 3. The van der Waals surface area contributed by atoms with Crippen LogP contribution in [0.5, 0.6) is 0 Å². The molecule has 0 atom stereocenters. The smallest absolute Gasteiger partial charge is 0.407 e. The molecule has 1 amide bonds. The molecule has 0 unspecified atom stereocenters. The second kappa shape index (κ2) is 6.35. The Morgan fingerprint density at radius 3 is 2.83 bits per heavy atom. The summed E-state index contributed by atoms with van der Waals surface area (Å²) in [5, 5.41) is 9.87. The molecule has 0 aliphatic heterocycles. The van der Waals surface area contributed by atoms with Crippen LogP contribution in [0, 0.1) is 0 Å². The second-order valence-electron chi connectivity index (χ2n) is 5.76. The molecule has 0 aliphatic rings. The van der Waals surface area contributed by atoms with Crippen LogP contribution in [0.1, 0.15) is 48.7 Å². The van der Waals surface area contributed by atoms with E-state index in [-0.39, 0.29) is 11.5 Å². The number of para-hydroxylation sites is 1. The quantitative estimate of drug-likeness (QED) is 0.753. The lowest BCUT2D eigenvalue weighted by Crippen LogP contribution is -2.12. The zero-order valence-corrected chi connectivity index (χ0v) is 13.9. The van der Waals surface area contributed by atoms with Gasteiger partial charge in [-0.1, -0.05) is 19.9 Å². The van der Waals surface area contributed by atoms with Gasteiger partial charge in [-0.05, 0) is 25.0 Å². The summed E-state index contributed by atoms with van der Waals surface area (Å²) in [6, 6.07) is 6.91. The van der Waals surface area contributed by atoms with Crippen LogP contribution < -0.4 is 11.1 Å². The van der Waals surface area contributed by atoms with Gasteiger partial charge in [0.15, 0.2) is 11.4 Å². The first-order valence-corrected chi connectivity index (χ1v) is 8.00. The van der Waals surface area contributed by atoms with E-state index >= 15 is 0 Å². The first kappa shape index (κ1) is 16.0. The number of aromatic amines is 1. The third-order valence-corrected chi connectivity index (χ3v) is 4.33. The summed E-state index contributed by atoms with van der Waals surface area (Å²) in [5.41, 5.74) is 2.16. The lowest BCUT2D eigenvalue weighted by Gasteiger charge is -2.07. The Balaban J connectivity index is 1.88. The maximum atomic E-state index is 12.5. The number of benzene rings is 1. The van der Waals surface area contributed by atoms with Crippen molar-refractivity contribution in [2.75, 3.05) is 5.32 Å². The summed E-state index contributed by atoms with van der Waals surface area (Å²) in [6.07, 6.45) is 2.00. The SMILES string of the molecule is CCC(CC)c1cc(NC(=O)c2cccc3c2oc(=O)n3C)n[nH]1. The predicted octanol–water partition coefficient (Wildman–Crippen LogP) is 3.01. The molecule has 0 saturated carbocycles. The maximum Gasteiger partial charge on any atom is 0.419 e. The molecule has 0 radical (unpaired) electrons. The summed E-state index contributed by atoms with van der Waals surface area (Å²) in [6.45, 7) is 4.23. The molecule has 7 nitrogen and oxygen atoms in total. The number of carbonyl (C=O) groups excluding carboxylic acids is 1. The van der Waals surface area contributed by atoms with Crippen LogP contribution in [-0.2, 0) is 7.05 Å². The molecule has 7 heteroatoms. The van der Waals surface area contributed by atoms with Crippen molar-refractivity contribution in [3.63, 3.8) is 0 Å². The Labute approximate surface area is 138 Å². The van der Waals surface area contributed by atoms with E-state index in [2.05, 4.69) is 29.4 Å². The van der Waals surface area contributed by atoms with Gasteiger partial charge in [-0.15, -0.1) is 0 Å². The van der Waals surface area contributed by atoms with Crippen molar-refractivity contribution < 1.29 is 9.21 Å². The predicted molar refractivity (Wildman–Crippen MR) is 91.3 cm³/mol. The highest BCUT2D eigenvalue weighted by atomic mass is 16.4. The monoisotopic (exact) mass is 328 g/mol. The number of carbonyl (C=O) groups is 1. The molecule has 0 aliphatic carbocycles. The molecule has 0 fully saturated rings. The fraction of sp³-hybridized carbons (Fsp3) is 0.353. The lowest BCUT2D eigenvalue weighted by molar-refractivity contribution is 0.102. The van der Waals surface area contributed by atoms with Gasteiger partial charge in [-0.25, -0.2) is 4.79 Å². The molecule has 3 aromatic rings. The highest BCUT2D eigenvalue weighted by molar-refractivity contribution is 6.10. The van der Waals surface area contributed by atoms with Crippen molar-refractivity contribution in [2.45, 2.75) is 32.6 Å². The van der Waals surface area contributed by atoms with Crippen molar-refractivity contribution in [2.24, 2.45) is 7.05 Å². The van der Waals surface area contributed by atoms with E-state index in [1.54, 1.807) is 25.2 Å². The fourth-order valence-electron chi connectivity index (χ4n) is 2.85. The zero-order valence-electron chi connectivity index (χ0n) is 13.9. The third-order valence-electron chi connectivity index (χ3n) is 4.33. The average Bonchev–Trinajstić information content (AvgIpc) is 3.14. The van der Waals surface area contributed by atoms with Gasteiger partial charge in [0.1, 0.15) is 0 Å². The number of amides is 1. The van der Waals surface area contributed by atoms with E-state index in [1.807, 2.05) is 6.07 Å². The molecule has 2 aromatic heterocycles. The van der Waals surface area contributed by atoms with Crippen molar-refractivity contribution in [1.82, 2.24) is 14.8 Å². The Hall–Kier alpha value is -2.83. The normalized spacial score (nSPS) is 11.3. The molecule has 24 heavy (non-hydrogen) atoms. The Morgan fingerprint density at radius 2 is 2.12 bits per heavy atom. The summed E-state index contributed by atoms with van der Waals surface area (Å²) >= 11 is 0. The van der Waals surface area contributed by atoms with Crippen molar-refractivity contribution >= 4 is 22.8 Å². The molecule has 0 spiro atoms. The summed E-state index contributed by atoms with van der Waals surface area (Å²) < 4.78 is 6.55. The van der Waals surface area contributed by atoms with Crippen LogP contribution in [-0.4, -0.2) is 20.7 Å². The summed E-state index contributed by atoms with van der Waals surface area (Å²) in [5.74, 6) is -0.0190. The lowest BCUT2D eigenvalue weighted by atomic mass is 10.00. The Bertz CT molecular complexity index is 931. The van der Waals surface area contributed by atoms with Gasteiger partial charge in [-0.3, -0.25) is 14.5 Å². The van der Waals surface area contributed by atoms with Crippen LogP contribution in [0.4, 0.5) is 5.82 Å². The van der Waals surface area contributed by atoms with E-state index < -0.39 is 5.76 Å². The number of nitrogens with zero attached hydrogens (tertiary/aromatic N) is 2. The van der Waals surface area contributed by atoms with Gasteiger partial charge < -0.3 is 9.73 Å².